The molecular weight excluding hydrogens is 200 g/mol. The van der Waals surface area contributed by atoms with Crippen molar-refractivity contribution in [1.29, 1.82) is 0 Å². The fourth-order valence-corrected chi connectivity index (χ4v) is 0.992. The number of urea groups is 1. The second kappa shape index (κ2) is 6.80. The second-order valence-corrected chi connectivity index (χ2v) is 2.92. The van der Waals surface area contributed by atoms with Crippen molar-refractivity contribution in [2.75, 3.05) is 13.1 Å². The largest absolute Gasteiger partial charge is 0.481 e. The third-order valence-electron chi connectivity index (χ3n) is 1.86. The molecule has 0 atom stereocenters. The number of hydrogen-bond acceptors (Lipinski definition) is 3. The van der Waals surface area contributed by atoms with Crippen LogP contribution in [0.2, 0.25) is 0 Å². The quantitative estimate of drug-likeness (QED) is 0.697. The highest BCUT2D eigenvalue weighted by atomic mass is 16.4. The monoisotopic (exact) mass is 216 g/mol. The van der Waals surface area contributed by atoms with E-state index < -0.39 is 17.9 Å². The SMILES string of the molecule is CCN(CC)C(=O)NC(=O)CCC(=O)O. The maximum Gasteiger partial charge on any atom is 0.324 e. The van der Waals surface area contributed by atoms with Crippen LogP contribution in [0.4, 0.5) is 4.79 Å². The number of carbonyl (C=O) groups excluding carboxylic acids is 2. The van der Waals surface area contributed by atoms with Crippen LogP contribution in [-0.4, -0.2) is 41.0 Å². The maximum absolute atomic E-state index is 11.3. The highest BCUT2D eigenvalue weighted by Gasteiger charge is 2.13. The third-order valence-corrected chi connectivity index (χ3v) is 1.86. The van der Waals surface area contributed by atoms with Gasteiger partial charge in [-0.3, -0.25) is 14.9 Å². The van der Waals surface area contributed by atoms with Gasteiger partial charge in [-0.2, -0.15) is 0 Å². The number of carboxylic acid groups (broad SMARTS) is 1. The van der Waals surface area contributed by atoms with E-state index in [1.54, 1.807) is 13.8 Å². The van der Waals surface area contributed by atoms with Crippen molar-refractivity contribution >= 4 is 17.9 Å². The average Bonchev–Trinajstić information content (AvgIpc) is 2.16. The molecule has 6 heteroatoms. The molecule has 0 aromatic heterocycles. The lowest BCUT2D eigenvalue weighted by atomic mass is 10.3. The Labute approximate surface area is 88.2 Å². The van der Waals surface area contributed by atoms with Gasteiger partial charge in [0.15, 0.2) is 0 Å². The third kappa shape index (κ3) is 5.66. The Balaban J connectivity index is 3.95. The minimum Gasteiger partial charge on any atom is -0.481 e. The number of rotatable bonds is 5. The molecule has 0 radical (unpaired) electrons. The summed E-state index contributed by atoms with van der Waals surface area (Å²) in [6, 6.07) is -0.476. The molecule has 0 heterocycles. The van der Waals surface area contributed by atoms with Gasteiger partial charge in [-0.15, -0.1) is 0 Å². The first-order chi connectivity index (χ1) is 7.01. The van der Waals surface area contributed by atoms with E-state index in [1.807, 2.05) is 0 Å². The Morgan fingerprint density at radius 1 is 1.13 bits per heavy atom. The van der Waals surface area contributed by atoms with Crippen LogP contribution in [0.25, 0.3) is 0 Å². The van der Waals surface area contributed by atoms with Gasteiger partial charge in [0.1, 0.15) is 0 Å². The molecule has 0 bridgehead atoms. The Bertz CT molecular complexity index is 248. The maximum atomic E-state index is 11.3. The van der Waals surface area contributed by atoms with Gasteiger partial charge >= 0.3 is 12.0 Å². The highest BCUT2D eigenvalue weighted by Crippen LogP contribution is 1.92. The smallest absolute Gasteiger partial charge is 0.324 e. The van der Waals surface area contributed by atoms with Gasteiger partial charge in [0, 0.05) is 19.5 Å². The van der Waals surface area contributed by atoms with Gasteiger partial charge in [0.05, 0.1) is 6.42 Å². The van der Waals surface area contributed by atoms with Crippen molar-refractivity contribution in [3.05, 3.63) is 0 Å². The molecule has 0 aliphatic rings. The number of imide groups is 1. The van der Waals surface area contributed by atoms with E-state index in [0.717, 1.165) is 0 Å². The molecule has 0 saturated heterocycles. The van der Waals surface area contributed by atoms with Crippen LogP contribution in [0.3, 0.4) is 0 Å². The number of nitrogens with zero attached hydrogens (tertiary/aromatic N) is 1. The number of nitrogens with one attached hydrogen (secondary N) is 1. The van der Waals surface area contributed by atoms with Gasteiger partial charge in [-0.05, 0) is 13.8 Å². The summed E-state index contributed by atoms with van der Waals surface area (Å²) in [6.45, 7) is 4.61. The molecule has 86 valence electrons. The summed E-state index contributed by atoms with van der Waals surface area (Å²) in [6.07, 6.45) is -0.445. The summed E-state index contributed by atoms with van der Waals surface area (Å²) in [5, 5.41) is 10.4. The van der Waals surface area contributed by atoms with Gasteiger partial charge < -0.3 is 10.0 Å². The first-order valence-corrected chi connectivity index (χ1v) is 4.81. The Hall–Kier alpha value is -1.59. The van der Waals surface area contributed by atoms with Crippen LogP contribution >= 0.6 is 0 Å². The molecule has 3 amide bonds. The summed E-state index contributed by atoms with van der Waals surface area (Å²) >= 11 is 0. The van der Waals surface area contributed by atoms with Gasteiger partial charge in [-0.25, -0.2) is 4.79 Å². The topological polar surface area (TPSA) is 86.7 Å². The second-order valence-electron chi connectivity index (χ2n) is 2.92. The fraction of sp³-hybridized carbons (Fsp3) is 0.667. The Morgan fingerprint density at radius 2 is 1.67 bits per heavy atom. The molecule has 0 aliphatic carbocycles. The molecule has 0 unspecified atom stereocenters. The normalized spacial score (nSPS) is 9.47. The van der Waals surface area contributed by atoms with Crippen molar-refractivity contribution < 1.29 is 19.5 Å². The predicted molar refractivity (Wildman–Crippen MR) is 53.3 cm³/mol. The lowest BCUT2D eigenvalue weighted by Crippen LogP contribution is -2.42. The molecule has 0 aliphatic heterocycles. The first-order valence-electron chi connectivity index (χ1n) is 4.81. The number of aliphatic carboxylic acids is 1. The summed E-state index contributed by atoms with van der Waals surface area (Å²) in [4.78, 5) is 34.0. The molecule has 0 saturated carbocycles. The van der Waals surface area contributed by atoms with Gasteiger partial charge in [0.25, 0.3) is 0 Å². The van der Waals surface area contributed by atoms with Crippen molar-refractivity contribution in [2.24, 2.45) is 0 Å². The van der Waals surface area contributed by atoms with E-state index in [4.69, 9.17) is 5.11 Å². The molecular formula is C9H16N2O4. The fourth-order valence-electron chi connectivity index (χ4n) is 0.992. The van der Waals surface area contributed by atoms with Gasteiger partial charge in [0.2, 0.25) is 5.91 Å². The Morgan fingerprint density at radius 3 is 2.07 bits per heavy atom. The number of carboxylic acids is 1. The van der Waals surface area contributed by atoms with E-state index >= 15 is 0 Å². The molecule has 0 aromatic rings. The van der Waals surface area contributed by atoms with E-state index in [0.29, 0.717) is 13.1 Å². The summed E-state index contributed by atoms with van der Waals surface area (Å²) in [5.74, 6) is -1.62. The van der Waals surface area contributed by atoms with E-state index in [-0.39, 0.29) is 12.8 Å². The summed E-state index contributed by atoms with van der Waals surface area (Å²) in [7, 11) is 0. The van der Waals surface area contributed by atoms with Crippen LogP contribution < -0.4 is 5.32 Å². The van der Waals surface area contributed by atoms with Crippen LogP contribution in [-0.2, 0) is 9.59 Å². The number of carbonyl (C=O) groups is 3. The summed E-state index contributed by atoms with van der Waals surface area (Å²) in [5.41, 5.74) is 0. The molecule has 2 N–H and O–H groups in total. The van der Waals surface area contributed by atoms with E-state index in [9.17, 15) is 14.4 Å². The summed E-state index contributed by atoms with van der Waals surface area (Å²) < 4.78 is 0. The van der Waals surface area contributed by atoms with E-state index in [1.165, 1.54) is 4.90 Å². The minimum absolute atomic E-state index is 0.178. The van der Waals surface area contributed by atoms with Crippen LogP contribution in [0.5, 0.6) is 0 Å². The molecule has 0 spiro atoms. The van der Waals surface area contributed by atoms with Crippen molar-refractivity contribution in [1.82, 2.24) is 10.2 Å². The van der Waals surface area contributed by atoms with Crippen molar-refractivity contribution in [2.45, 2.75) is 26.7 Å². The Kier molecular flexibility index (Phi) is 6.08. The predicted octanol–water partition coefficient (Wildman–Crippen LogP) is 0.429. The molecule has 0 aromatic carbocycles. The highest BCUT2D eigenvalue weighted by molar-refractivity contribution is 5.95. The van der Waals surface area contributed by atoms with Crippen LogP contribution in [0.1, 0.15) is 26.7 Å². The minimum atomic E-state index is -1.06. The molecule has 0 fully saturated rings. The zero-order chi connectivity index (χ0) is 11.8. The lowest BCUT2D eigenvalue weighted by Gasteiger charge is -2.18. The standard InChI is InChI=1S/C9H16N2O4/c1-3-11(4-2)9(15)10-7(12)5-6-8(13)14/h3-6H2,1-2H3,(H,13,14)(H,10,12,15). The van der Waals surface area contributed by atoms with E-state index in [2.05, 4.69) is 5.32 Å². The van der Waals surface area contributed by atoms with Crippen molar-refractivity contribution in [3.8, 4) is 0 Å². The van der Waals surface area contributed by atoms with Crippen molar-refractivity contribution in [3.63, 3.8) is 0 Å². The zero-order valence-corrected chi connectivity index (χ0v) is 8.95. The van der Waals surface area contributed by atoms with Gasteiger partial charge in [-0.1, -0.05) is 0 Å². The molecule has 15 heavy (non-hydrogen) atoms. The zero-order valence-electron chi connectivity index (χ0n) is 8.95. The molecule has 0 rings (SSSR count). The molecule has 6 nitrogen and oxygen atoms in total. The number of amides is 3. The van der Waals surface area contributed by atoms with Crippen LogP contribution in [0.15, 0.2) is 0 Å². The first kappa shape index (κ1) is 13.4. The van der Waals surface area contributed by atoms with Crippen LogP contribution in [0, 0.1) is 0 Å². The number of hydrogen-bond donors (Lipinski definition) is 2. The lowest BCUT2D eigenvalue weighted by molar-refractivity contribution is -0.138. The average molecular weight is 216 g/mol.